The summed E-state index contributed by atoms with van der Waals surface area (Å²) < 4.78 is 6.92. The third-order valence-corrected chi connectivity index (χ3v) is 4.96. The highest BCUT2D eigenvalue weighted by molar-refractivity contribution is 7.18. The molecule has 1 aliphatic heterocycles. The summed E-state index contributed by atoms with van der Waals surface area (Å²) in [5.41, 5.74) is 0.962. The van der Waals surface area contributed by atoms with E-state index in [0.717, 1.165) is 29.4 Å². The van der Waals surface area contributed by atoms with E-state index in [0.29, 0.717) is 25.2 Å². The molecule has 0 bridgehead atoms. The van der Waals surface area contributed by atoms with E-state index in [9.17, 15) is 5.11 Å². The fourth-order valence-electron chi connectivity index (χ4n) is 3.24. The molecule has 0 aliphatic carbocycles. The van der Waals surface area contributed by atoms with E-state index in [4.69, 9.17) is 4.74 Å². The van der Waals surface area contributed by atoms with Gasteiger partial charge in [0.1, 0.15) is 18.5 Å². The van der Waals surface area contributed by atoms with Gasteiger partial charge < -0.3 is 15.2 Å². The summed E-state index contributed by atoms with van der Waals surface area (Å²) in [5, 5.41) is 14.8. The van der Waals surface area contributed by atoms with Crippen LogP contribution < -0.4 is 10.1 Å². The lowest BCUT2D eigenvalue weighted by Gasteiger charge is -2.37. The molecular weight excluding hydrogens is 310 g/mol. The standard InChI is InChI=1S/C17H25N3O2S/c1-11-7-20(8-12(2)18-11)9-14(21)10-22-15-4-5-17-16(6-15)19-13(3)23-17/h4-6,11-12,14,18,21H,7-10H2,1-3H3/t11?,12?,14-/m1/s1. The van der Waals surface area contributed by atoms with E-state index in [2.05, 4.69) is 29.0 Å². The van der Waals surface area contributed by atoms with Gasteiger partial charge in [0, 0.05) is 37.8 Å². The van der Waals surface area contributed by atoms with Gasteiger partial charge in [-0.05, 0) is 32.9 Å². The zero-order valence-corrected chi connectivity index (χ0v) is 14.8. The second-order valence-electron chi connectivity index (χ2n) is 6.51. The van der Waals surface area contributed by atoms with Crippen molar-refractivity contribution in [3.8, 4) is 5.75 Å². The van der Waals surface area contributed by atoms with Crippen molar-refractivity contribution in [2.45, 2.75) is 39.0 Å². The van der Waals surface area contributed by atoms with Crippen LogP contribution in [0.3, 0.4) is 0 Å². The van der Waals surface area contributed by atoms with Gasteiger partial charge in [-0.2, -0.15) is 0 Å². The van der Waals surface area contributed by atoms with Crippen molar-refractivity contribution in [3.05, 3.63) is 23.2 Å². The smallest absolute Gasteiger partial charge is 0.121 e. The number of rotatable bonds is 5. The average molecular weight is 335 g/mol. The summed E-state index contributed by atoms with van der Waals surface area (Å²) in [6, 6.07) is 6.84. The van der Waals surface area contributed by atoms with Gasteiger partial charge >= 0.3 is 0 Å². The van der Waals surface area contributed by atoms with E-state index < -0.39 is 6.10 Å². The van der Waals surface area contributed by atoms with Gasteiger partial charge in [0.05, 0.1) is 15.2 Å². The molecule has 0 radical (unpaired) electrons. The maximum Gasteiger partial charge on any atom is 0.121 e. The highest BCUT2D eigenvalue weighted by Crippen LogP contribution is 2.25. The first-order valence-electron chi connectivity index (χ1n) is 8.16. The van der Waals surface area contributed by atoms with Crippen LogP contribution in [0.15, 0.2) is 18.2 Å². The van der Waals surface area contributed by atoms with Crippen LogP contribution in [-0.4, -0.2) is 59.4 Å². The summed E-state index contributed by atoms with van der Waals surface area (Å²) in [6.45, 7) is 9.24. The van der Waals surface area contributed by atoms with Crippen LogP contribution in [0.1, 0.15) is 18.9 Å². The minimum Gasteiger partial charge on any atom is -0.491 e. The van der Waals surface area contributed by atoms with Crippen molar-refractivity contribution in [3.63, 3.8) is 0 Å². The second-order valence-corrected chi connectivity index (χ2v) is 7.75. The number of ether oxygens (including phenoxy) is 1. The van der Waals surface area contributed by atoms with Crippen molar-refractivity contribution in [1.29, 1.82) is 0 Å². The van der Waals surface area contributed by atoms with E-state index in [1.54, 1.807) is 11.3 Å². The van der Waals surface area contributed by atoms with Crippen molar-refractivity contribution in [1.82, 2.24) is 15.2 Å². The molecule has 6 heteroatoms. The van der Waals surface area contributed by atoms with Gasteiger partial charge in [-0.3, -0.25) is 4.90 Å². The topological polar surface area (TPSA) is 57.6 Å². The van der Waals surface area contributed by atoms with E-state index in [1.807, 2.05) is 25.1 Å². The van der Waals surface area contributed by atoms with Gasteiger partial charge in [-0.15, -0.1) is 11.3 Å². The van der Waals surface area contributed by atoms with Crippen LogP contribution in [0.25, 0.3) is 10.2 Å². The summed E-state index contributed by atoms with van der Waals surface area (Å²) in [5.74, 6) is 0.767. The highest BCUT2D eigenvalue weighted by atomic mass is 32.1. The molecule has 126 valence electrons. The number of β-amino-alcohol motifs (C(OH)–C–C–N with tert-alkyl or cyclic N) is 1. The quantitative estimate of drug-likeness (QED) is 0.875. The molecule has 2 aromatic rings. The summed E-state index contributed by atoms with van der Waals surface area (Å²) in [7, 11) is 0. The van der Waals surface area contributed by atoms with Crippen molar-refractivity contribution >= 4 is 21.6 Å². The number of nitrogens with zero attached hydrogens (tertiary/aromatic N) is 2. The minimum atomic E-state index is -0.486. The fourth-order valence-corrected chi connectivity index (χ4v) is 4.05. The molecule has 2 heterocycles. The van der Waals surface area contributed by atoms with Crippen LogP contribution in [-0.2, 0) is 0 Å². The van der Waals surface area contributed by atoms with Gasteiger partial charge in [-0.25, -0.2) is 4.98 Å². The maximum absolute atomic E-state index is 10.3. The molecule has 5 nitrogen and oxygen atoms in total. The maximum atomic E-state index is 10.3. The largest absolute Gasteiger partial charge is 0.491 e. The molecule has 2 unspecified atom stereocenters. The van der Waals surface area contributed by atoms with Crippen LogP contribution in [0.2, 0.25) is 0 Å². The lowest BCUT2D eigenvalue weighted by molar-refractivity contribution is 0.0523. The summed E-state index contributed by atoms with van der Waals surface area (Å²) >= 11 is 1.68. The predicted molar refractivity (Wildman–Crippen MR) is 94.4 cm³/mol. The van der Waals surface area contributed by atoms with E-state index >= 15 is 0 Å². The van der Waals surface area contributed by atoms with Crippen LogP contribution in [0.5, 0.6) is 5.75 Å². The number of piperazine rings is 1. The Balaban J connectivity index is 1.52. The number of aliphatic hydroxyl groups excluding tert-OH is 1. The zero-order chi connectivity index (χ0) is 16.4. The average Bonchev–Trinajstić information content (AvgIpc) is 2.83. The lowest BCUT2D eigenvalue weighted by atomic mass is 10.1. The molecule has 1 aliphatic rings. The number of nitrogens with one attached hydrogen (secondary N) is 1. The SMILES string of the molecule is Cc1nc2cc(OC[C@H](O)CN3CC(C)NC(C)C3)ccc2s1. The predicted octanol–water partition coefficient (Wildman–Crippen LogP) is 2.03. The highest BCUT2D eigenvalue weighted by Gasteiger charge is 2.22. The van der Waals surface area contributed by atoms with E-state index in [1.165, 1.54) is 4.70 Å². The Hall–Kier alpha value is -1.21. The molecule has 0 saturated carbocycles. The van der Waals surface area contributed by atoms with Gasteiger partial charge in [0.25, 0.3) is 0 Å². The number of hydrogen-bond donors (Lipinski definition) is 2. The number of aryl methyl sites for hydroxylation is 1. The number of thiazole rings is 1. The van der Waals surface area contributed by atoms with E-state index in [-0.39, 0.29) is 0 Å². The molecule has 1 aromatic heterocycles. The third kappa shape index (κ3) is 4.41. The summed E-state index contributed by atoms with van der Waals surface area (Å²) in [4.78, 5) is 6.77. The van der Waals surface area contributed by atoms with Crippen LogP contribution in [0, 0.1) is 6.92 Å². The van der Waals surface area contributed by atoms with Gasteiger partial charge in [0.15, 0.2) is 0 Å². The molecule has 1 saturated heterocycles. The molecule has 0 spiro atoms. The Morgan fingerprint density at radius 3 is 2.87 bits per heavy atom. The molecule has 23 heavy (non-hydrogen) atoms. The molecule has 3 rings (SSSR count). The number of benzene rings is 1. The van der Waals surface area contributed by atoms with Gasteiger partial charge in [0.2, 0.25) is 0 Å². The number of hydrogen-bond acceptors (Lipinski definition) is 6. The Kier molecular flexibility index (Phi) is 5.16. The van der Waals surface area contributed by atoms with Gasteiger partial charge in [-0.1, -0.05) is 0 Å². The number of aliphatic hydroxyl groups is 1. The van der Waals surface area contributed by atoms with Crippen molar-refractivity contribution in [2.24, 2.45) is 0 Å². The number of aromatic nitrogens is 1. The second kappa shape index (κ2) is 7.13. The molecule has 1 fully saturated rings. The van der Waals surface area contributed by atoms with Crippen molar-refractivity contribution in [2.75, 3.05) is 26.2 Å². The fraction of sp³-hybridized carbons (Fsp3) is 0.588. The lowest BCUT2D eigenvalue weighted by Crippen LogP contribution is -2.55. The Bertz CT molecular complexity index is 650. The monoisotopic (exact) mass is 335 g/mol. The van der Waals surface area contributed by atoms with Crippen LogP contribution >= 0.6 is 11.3 Å². The molecule has 3 atom stereocenters. The zero-order valence-electron chi connectivity index (χ0n) is 14.0. The van der Waals surface area contributed by atoms with Crippen LogP contribution in [0.4, 0.5) is 0 Å². The molecule has 1 aromatic carbocycles. The third-order valence-electron chi connectivity index (χ3n) is 4.01. The summed E-state index contributed by atoms with van der Waals surface area (Å²) in [6.07, 6.45) is -0.486. The Morgan fingerprint density at radius 2 is 2.13 bits per heavy atom. The first-order chi connectivity index (χ1) is 11.0. The molecule has 2 N–H and O–H groups in total. The first-order valence-corrected chi connectivity index (χ1v) is 8.97. The Morgan fingerprint density at radius 1 is 1.39 bits per heavy atom. The molecule has 0 amide bonds. The Labute approximate surface area is 141 Å². The van der Waals surface area contributed by atoms with Crippen molar-refractivity contribution < 1.29 is 9.84 Å². The first kappa shape index (κ1) is 16.6. The number of fused-ring (bicyclic) bond motifs is 1. The minimum absolute atomic E-state index is 0.307. The molecular formula is C17H25N3O2S. The normalized spacial score (nSPS) is 24.0.